The normalized spacial score (nSPS) is 9.56. The van der Waals surface area contributed by atoms with Gasteiger partial charge in [-0.1, -0.05) is 0 Å². The summed E-state index contributed by atoms with van der Waals surface area (Å²) in [5, 5.41) is 0. The van der Waals surface area contributed by atoms with Crippen LogP contribution in [0.4, 0.5) is 0 Å². The number of hydrogen-bond acceptors (Lipinski definition) is 0. The third kappa shape index (κ3) is 1.35. The summed E-state index contributed by atoms with van der Waals surface area (Å²) in [6.07, 6.45) is 0. The van der Waals surface area contributed by atoms with Gasteiger partial charge in [-0.05, 0) is 0 Å². The van der Waals surface area contributed by atoms with E-state index in [-0.39, 0.29) is 0 Å². The molecule has 0 aliphatic rings. The Kier molecular flexibility index (Phi) is 1.94. The van der Waals surface area contributed by atoms with E-state index >= 15 is 0 Å². The molecule has 0 amide bonds. The molecule has 1 aromatic carbocycles. The first-order valence-corrected chi connectivity index (χ1v) is 3.80. The van der Waals surface area contributed by atoms with Crippen LogP contribution in [0.2, 0.25) is 0 Å². The minimum atomic E-state index is 1.29. The third-order valence-corrected chi connectivity index (χ3v) is 2.76. The topological polar surface area (TPSA) is 0 Å². The molecule has 1 aromatic rings. The fourth-order valence-electron chi connectivity index (χ4n) is 0.799. The van der Waals surface area contributed by atoms with Crippen LogP contribution in [-0.4, -0.2) is 16.0 Å². The summed E-state index contributed by atoms with van der Waals surface area (Å²) < 4.78 is 1.29. The van der Waals surface area contributed by atoms with Gasteiger partial charge in [-0.25, -0.2) is 0 Å². The summed E-state index contributed by atoms with van der Waals surface area (Å²) in [7, 11) is 0. The van der Waals surface area contributed by atoms with Gasteiger partial charge in [0.1, 0.15) is 0 Å². The number of hydrogen-bond donors (Lipinski definition) is 0. The molecule has 1 heteroatoms. The van der Waals surface area contributed by atoms with Crippen LogP contribution in [0.5, 0.6) is 0 Å². The number of aryl methyl sites for hydroxylation is 2. The summed E-state index contributed by atoms with van der Waals surface area (Å²) in [5.41, 5.74) is 2.66. The van der Waals surface area contributed by atoms with E-state index in [0.717, 1.165) is 0 Å². The Morgan fingerprint density at radius 1 is 1.11 bits per heavy atom. The Labute approximate surface area is 64.1 Å². The second-order valence-electron chi connectivity index (χ2n) is 2.22. The summed E-state index contributed by atoms with van der Waals surface area (Å²) in [6.45, 7) is 4.22. The van der Waals surface area contributed by atoms with Crippen LogP contribution in [0.3, 0.4) is 0 Å². The molecule has 0 aliphatic carbocycles. The maximum atomic E-state index is 3.04. The van der Waals surface area contributed by atoms with E-state index in [1.54, 1.807) is 0 Å². The molecule has 1 rings (SSSR count). The van der Waals surface area contributed by atoms with Gasteiger partial charge < -0.3 is 0 Å². The second kappa shape index (κ2) is 2.55. The van der Waals surface area contributed by atoms with Gasteiger partial charge in [0.25, 0.3) is 0 Å². The van der Waals surface area contributed by atoms with Crippen molar-refractivity contribution in [2.75, 3.05) is 0 Å². The molecule has 0 nitrogen and oxygen atoms in total. The van der Waals surface area contributed by atoms with Gasteiger partial charge in [-0.15, -0.1) is 0 Å². The summed E-state index contributed by atoms with van der Waals surface area (Å²) in [4.78, 5) is 0. The van der Waals surface area contributed by atoms with Crippen molar-refractivity contribution in [2.24, 2.45) is 0 Å². The van der Waals surface area contributed by atoms with Crippen LogP contribution in [0.1, 0.15) is 11.1 Å². The number of benzene rings is 1. The fourth-order valence-corrected chi connectivity index (χ4v) is 1.08. The average molecular weight is 184 g/mol. The Morgan fingerprint density at radius 2 is 1.56 bits per heavy atom. The Morgan fingerprint density at radius 3 is 1.89 bits per heavy atom. The molecule has 0 bridgehead atoms. The zero-order valence-corrected chi connectivity index (χ0v) is 7.35. The molecular formula is C8H9Se. The zero-order valence-electron chi connectivity index (χ0n) is 5.64. The molecule has 0 heterocycles. The van der Waals surface area contributed by atoms with E-state index in [4.69, 9.17) is 0 Å². The summed E-state index contributed by atoms with van der Waals surface area (Å²) >= 11 is 3.04. The van der Waals surface area contributed by atoms with Crippen molar-refractivity contribution in [1.29, 1.82) is 0 Å². The monoisotopic (exact) mass is 185 g/mol. The SMILES string of the molecule is Cc1cccc(C)c1[Se]. The van der Waals surface area contributed by atoms with Gasteiger partial charge in [0.05, 0.1) is 0 Å². The van der Waals surface area contributed by atoms with Crippen molar-refractivity contribution < 1.29 is 0 Å². The van der Waals surface area contributed by atoms with Crippen molar-refractivity contribution in [3.63, 3.8) is 0 Å². The standard InChI is InChI=1S/C8H9Se/c1-6-4-3-5-7(2)8(6)9/h3-5H,1-2H3. The van der Waals surface area contributed by atoms with E-state index < -0.39 is 0 Å². The molecule has 0 saturated heterocycles. The van der Waals surface area contributed by atoms with Crippen LogP contribution in [0, 0.1) is 13.8 Å². The van der Waals surface area contributed by atoms with E-state index in [1.807, 2.05) is 0 Å². The first-order chi connectivity index (χ1) is 4.22. The van der Waals surface area contributed by atoms with Gasteiger partial charge in [0.15, 0.2) is 0 Å². The molecule has 0 spiro atoms. The molecule has 0 aromatic heterocycles. The van der Waals surface area contributed by atoms with Gasteiger partial charge in [0, 0.05) is 0 Å². The van der Waals surface area contributed by atoms with Gasteiger partial charge in [-0.2, -0.15) is 0 Å². The molecule has 1 radical (unpaired) electrons. The molecule has 0 N–H and O–H groups in total. The van der Waals surface area contributed by atoms with Crippen LogP contribution in [0.25, 0.3) is 0 Å². The van der Waals surface area contributed by atoms with Crippen molar-refractivity contribution in [3.8, 4) is 0 Å². The minimum absolute atomic E-state index is 1.29. The summed E-state index contributed by atoms with van der Waals surface area (Å²) in [5.74, 6) is 0. The maximum absolute atomic E-state index is 3.04. The van der Waals surface area contributed by atoms with Crippen molar-refractivity contribution in [2.45, 2.75) is 13.8 Å². The van der Waals surface area contributed by atoms with E-state index in [2.05, 4.69) is 48.1 Å². The molecule has 0 unspecified atom stereocenters. The molecule has 0 fully saturated rings. The molecular weight excluding hydrogens is 175 g/mol. The van der Waals surface area contributed by atoms with Crippen LogP contribution >= 0.6 is 0 Å². The average Bonchev–Trinajstić information content (AvgIpc) is 1.83. The zero-order chi connectivity index (χ0) is 6.85. The van der Waals surface area contributed by atoms with Gasteiger partial charge in [0.2, 0.25) is 0 Å². The Hall–Kier alpha value is -0.261. The molecule has 0 aliphatic heterocycles. The second-order valence-corrected chi connectivity index (χ2v) is 3.08. The quantitative estimate of drug-likeness (QED) is 0.529. The van der Waals surface area contributed by atoms with Crippen molar-refractivity contribution >= 4 is 20.5 Å². The van der Waals surface area contributed by atoms with Crippen LogP contribution in [-0.2, 0) is 0 Å². The molecule has 47 valence electrons. The Bertz CT molecular complexity index is 196. The van der Waals surface area contributed by atoms with E-state index in [0.29, 0.717) is 0 Å². The van der Waals surface area contributed by atoms with Gasteiger partial charge >= 0.3 is 63.6 Å². The molecule has 0 saturated carbocycles. The number of rotatable bonds is 0. The van der Waals surface area contributed by atoms with Crippen LogP contribution in [0.15, 0.2) is 18.2 Å². The van der Waals surface area contributed by atoms with Crippen molar-refractivity contribution in [1.82, 2.24) is 0 Å². The van der Waals surface area contributed by atoms with Crippen molar-refractivity contribution in [3.05, 3.63) is 29.3 Å². The first kappa shape index (κ1) is 6.85. The molecule has 9 heavy (non-hydrogen) atoms. The third-order valence-electron chi connectivity index (χ3n) is 1.41. The predicted molar refractivity (Wildman–Crippen MR) is 41.3 cm³/mol. The first-order valence-electron chi connectivity index (χ1n) is 2.95. The fraction of sp³-hybridized carbons (Fsp3) is 0.250. The van der Waals surface area contributed by atoms with Gasteiger partial charge in [-0.3, -0.25) is 0 Å². The molecule has 0 atom stereocenters. The Balaban J connectivity index is 3.25. The van der Waals surface area contributed by atoms with E-state index in [9.17, 15) is 0 Å². The van der Waals surface area contributed by atoms with E-state index in [1.165, 1.54) is 15.6 Å². The predicted octanol–water partition coefficient (Wildman–Crippen LogP) is 1.10. The summed E-state index contributed by atoms with van der Waals surface area (Å²) in [6, 6.07) is 6.29. The van der Waals surface area contributed by atoms with Crippen LogP contribution < -0.4 is 4.46 Å².